The van der Waals surface area contributed by atoms with E-state index in [-0.39, 0.29) is 18.0 Å². The maximum atomic E-state index is 12.7. The molecular formula is C17H21NO3. The van der Waals surface area contributed by atoms with Gasteiger partial charge in [-0.05, 0) is 56.9 Å². The van der Waals surface area contributed by atoms with Gasteiger partial charge in [-0.2, -0.15) is 0 Å². The van der Waals surface area contributed by atoms with Crippen LogP contribution in [0.5, 0.6) is 0 Å². The lowest BCUT2D eigenvalue weighted by atomic mass is 9.96. The standard InChI is InChI=1S/C17H21NO3/c1-12-5-3-6-13(2)18(12)17(21)15-8-4-7-14(11-15)9-10-16(19)20/h4,7-13H,3,5-6H2,1-2H3,(H,19,20)/b10-9+/t12-,13+. The molecular weight excluding hydrogens is 266 g/mol. The van der Waals surface area contributed by atoms with E-state index in [4.69, 9.17) is 5.11 Å². The summed E-state index contributed by atoms with van der Waals surface area (Å²) in [7, 11) is 0. The molecule has 0 unspecified atom stereocenters. The molecule has 112 valence electrons. The Morgan fingerprint density at radius 2 is 1.90 bits per heavy atom. The molecule has 0 spiro atoms. The number of amides is 1. The van der Waals surface area contributed by atoms with Gasteiger partial charge in [-0.25, -0.2) is 4.79 Å². The van der Waals surface area contributed by atoms with Gasteiger partial charge in [0.25, 0.3) is 5.91 Å². The molecule has 1 aromatic rings. The first-order chi connectivity index (χ1) is 9.99. The zero-order valence-electron chi connectivity index (χ0n) is 12.5. The topological polar surface area (TPSA) is 57.6 Å². The summed E-state index contributed by atoms with van der Waals surface area (Å²) >= 11 is 0. The summed E-state index contributed by atoms with van der Waals surface area (Å²) in [6.45, 7) is 4.17. The van der Waals surface area contributed by atoms with Crippen LogP contribution in [0.2, 0.25) is 0 Å². The third-order valence-corrected chi connectivity index (χ3v) is 3.98. The first kappa shape index (κ1) is 15.3. The van der Waals surface area contributed by atoms with Gasteiger partial charge in [0.1, 0.15) is 0 Å². The molecule has 1 heterocycles. The molecule has 4 heteroatoms. The molecule has 1 saturated heterocycles. The van der Waals surface area contributed by atoms with Gasteiger partial charge in [0.2, 0.25) is 0 Å². The number of hydrogen-bond acceptors (Lipinski definition) is 2. The first-order valence-corrected chi connectivity index (χ1v) is 7.33. The molecule has 0 aliphatic carbocycles. The molecule has 0 radical (unpaired) electrons. The molecule has 1 aliphatic heterocycles. The minimum atomic E-state index is -0.995. The molecule has 1 aromatic carbocycles. The third kappa shape index (κ3) is 3.72. The van der Waals surface area contributed by atoms with E-state index in [1.807, 2.05) is 4.90 Å². The number of piperidine rings is 1. The van der Waals surface area contributed by atoms with E-state index in [1.165, 1.54) is 6.08 Å². The molecule has 0 bridgehead atoms. The Morgan fingerprint density at radius 1 is 1.24 bits per heavy atom. The number of rotatable bonds is 3. The Bertz CT molecular complexity index is 555. The van der Waals surface area contributed by atoms with Crippen molar-refractivity contribution in [2.75, 3.05) is 0 Å². The van der Waals surface area contributed by atoms with E-state index in [0.29, 0.717) is 5.56 Å². The number of carbonyl (C=O) groups excluding carboxylic acids is 1. The van der Waals surface area contributed by atoms with Crippen LogP contribution in [0, 0.1) is 0 Å². The highest BCUT2D eigenvalue weighted by molar-refractivity contribution is 5.95. The summed E-state index contributed by atoms with van der Waals surface area (Å²) < 4.78 is 0. The van der Waals surface area contributed by atoms with Crippen LogP contribution in [0.15, 0.2) is 30.3 Å². The van der Waals surface area contributed by atoms with Crippen molar-refractivity contribution in [3.63, 3.8) is 0 Å². The SMILES string of the molecule is C[C@@H]1CCC[C@H](C)N1C(=O)c1cccc(/C=C/C(=O)O)c1. The van der Waals surface area contributed by atoms with Crippen LogP contribution in [0.3, 0.4) is 0 Å². The van der Waals surface area contributed by atoms with Gasteiger partial charge in [-0.1, -0.05) is 12.1 Å². The zero-order valence-corrected chi connectivity index (χ0v) is 12.5. The molecule has 2 atom stereocenters. The van der Waals surface area contributed by atoms with Gasteiger partial charge >= 0.3 is 5.97 Å². The lowest BCUT2D eigenvalue weighted by Crippen LogP contribution is -2.47. The van der Waals surface area contributed by atoms with Gasteiger partial charge in [0.15, 0.2) is 0 Å². The second-order valence-electron chi connectivity index (χ2n) is 5.64. The van der Waals surface area contributed by atoms with Gasteiger partial charge in [-0.15, -0.1) is 0 Å². The fraction of sp³-hybridized carbons (Fsp3) is 0.412. The van der Waals surface area contributed by atoms with Crippen molar-refractivity contribution in [1.29, 1.82) is 0 Å². The average Bonchev–Trinajstić information content (AvgIpc) is 2.45. The Hall–Kier alpha value is -2.10. The monoisotopic (exact) mass is 287 g/mol. The summed E-state index contributed by atoms with van der Waals surface area (Å²) in [5.74, 6) is -0.967. The van der Waals surface area contributed by atoms with Crippen LogP contribution in [0.1, 0.15) is 49.0 Å². The van der Waals surface area contributed by atoms with E-state index in [2.05, 4.69) is 13.8 Å². The number of nitrogens with zero attached hydrogens (tertiary/aromatic N) is 1. The van der Waals surface area contributed by atoms with Crippen LogP contribution in [-0.2, 0) is 4.79 Å². The minimum Gasteiger partial charge on any atom is -0.478 e. The highest BCUT2D eigenvalue weighted by Crippen LogP contribution is 2.24. The molecule has 4 nitrogen and oxygen atoms in total. The quantitative estimate of drug-likeness (QED) is 0.869. The normalized spacial score (nSPS) is 22.5. The molecule has 1 N–H and O–H groups in total. The predicted molar refractivity (Wildman–Crippen MR) is 82.1 cm³/mol. The van der Waals surface area contributed by atoms with E-state index in [1.54, 1.807) is 24.3 Å². The Morgan fingerprint density at radius 3 is 2.52 bits per heavy atom. The highest BCUT2D eigenvalue weighted by atomic mass is 16.4. The molecule has 21 heavy (non-hydrogen) atoms. The highest BCUT2D eigenvalue weighted by Gasteiger charge is 2.29. The maximum absolute atomic E-state index is 12.7. The van der Waals surface area contributed by atoms with E-state index in [0.717, 1.165) is 30.9 Å². The number of aliphatic carboxylic acids is 1. The molecule has 2 rings (SSSR count). The van der Waals surface area contributed by atoms with Crippen LogP contribution < -0.4 is 0 Å². The van der Waals surface area contributed by atoms with Crippen LogP contribution in [0.25, 0.3) is 6.08 Å². The van der Waals surface area contributed by atoms with Crippen molar-refractivity contribution in [3.8, 4) is 0 Å². The number of carbonyl (C=O) groups is 2. The molecule has 1 aliphatic rings. The van der Waals surface area contributed by atoms with Gasteiger partial charge in [-0.3, -0.25) is 4.79 Å². The summed E-state index contributed by atoms with van der Waals surface area (Å²) in [6, 6.07) is 7.61. The van der Waals surface area contributed by atoms with Crippen molar-refractivity contribution in [2.24, 2.45) is 0 Å². The van der Waals surface area contributed by atoms with Gasteiger partial charge in [0, 0.05) is 23.7 Å². The second-order valence-corrected chi connectivity index (χ2v) is 5.64. The number of hydrogen-bond donors (Lipinski definition) is 1. The predicted octanol–water partition coefficient (Wildman–Crippen LogP) is 3.19. The lowest BCUT2D eigenvalue weighted by molar-refractivity contribution is -0.131. The van der Waals surface area contributed by atoms with E-state index in [9.17, 15) is 9.59 Å². The first-order valence-electron chi connectivity index (χ1n) is 7.33. The van der Waals surface area contributed by atoms with Crippen LogP contribution >= 0.6 is 0 Å². The summed E-state index contributed by atoms with van der Waals surface area (Å²) in [5, 5.41) is 8.66. The maximum Gasteiger partial charge on any atom is 0.328 e. The fourth-order valence-corrected chi connectivity index (χ4v) is 2.91. The van der Waals surface area contributed by atoms with Crippen molar-refractivity contribution in [1.82, 2.24) is 4.90 Å². The van der Waals surface area contributed by atoms with Crippen molar-refractivity contribution < 1.29 is 14.7 Å². The number of carboxylic acid groups (broad SMARTS) is 1. The number of benzene rings is 1. The van der Waals surface area contributed by atoms with E-state index < -0.39 is 5.97 Å². The molecule has 1 amide bonds. The van der Waals surface area contributed by atoms with Crippen molar-refractivity contribution in [2.45, 2.75) is 45.2 Å². The van der Waals surface area contributed by atoms with Gasteiger partial charge < -0.3 is 10.0 Å². The molecule has 1 fully saturated rings. The van der Waals surface area contributed by atoms with Gasteiger partial charge in [0.05, 0.1) is 0 Å². The third-order valence-electron chi connectivity index (χ3n) is 3.98. The fourth-order valence-electron chi connectivity index (χ4n) is 2.91. The largest absolute Gasteiger partial charge is 0.478 e. The summed E-state index contributed by atoms with van der Waals surface area (Å²) in [4.78, 5) is 25.2. The smallest absolute Gasteiger partial charge is 0.328 e. The van der Waals surface area contributed by atoms with Crippen LogP contribution in [-0.4, -0.2) is 34.0 Å². The number of likely N-dealkylation sites (tertiary alicyclic amines) is 1. The molecule has 0 aromatic heterocycles. The Kier molecular flexibility index (Phi) is 4.78. The van der Waals surface area contributed by atoms with E-state index >= 15 is 0 Å². The van der Waals surface area contributed by atoms with Crippen molar-refractivity contribution >= 4 is 18.0 Å². The lowest BCUT2D eigenvalue weighted by Gasteiger charge is -2.39. The number of carboxylic acids is 1. The minimum absolute atomic E-state index is 0.0280. The summed E-state index contributed by atoms with van der Waals surface area (Å²) in [6.07, 6.45) is 5.81. The zero-order chi connectivity index (χ0) is 15.4. The van der Waals surface area contributed by atoms with Crippen LogP contribution in [0.4, 0.5) is 0 Å². The van der Waals surface area contributed by atoms with Crippen molar-refractivity contribution in [3.05, 3.63) is 41.5 Å². The Labute approximate surface area is 125 Å². The summed E-state index contributed by atoms with van der Waals surface area (Å²) in [5.41, 5.74) is 1.34. The molecule has 0 saturated carbocycles. The average molecular weight is 287 g/mol. The second kappa shape index (κ2) is 6.57. The Balaban J connectivity index is 2.22.